The van der Waals surface area contributed by atoms with Gasteiger partial charge in [0, 0.05) is 17.9 Å². The monoisotopic (exact) mass is 529 g/mol. The van der Waals surface area contributed by atoms with Gasteiger partial charge in [0.25, 0.3) is 23.4 Å². The van der Waals surface area contributed by atoms with Gasteiger partial charge in [-0.15, -0.1) is 0 Å². The number of benzene rings is 4. The van der Waals surface area contributed by atoms with Crippen LogP contribution in [-0.4, -0.2) is 32.7 Å². The van der Waals surface area contributed by atoms with E-state index in [9.17, 15) is 24.5 Å². The Morgan fingerprint density at radius 2 is 1.15 bits per heavy atom. The summed E-state index contributed by atoms with van der Waals surface area (Å²) in [6, 6.07) is 30.4. The predicted octanol–water partition coefficient (Wildman–Crippen LogP) is 5.04. The second-order valence-electron chi connectivity index (χ2n) is 10.4. The van der Waals surface area contributed by atoms with E-state index in [1.165, 1.54) is 24.3 Å². The summed E-state index contributed by atoms with van der Waals surface area (Å²) in [5, 5.41) is 13.9. The van der Waals surface area contributed by atoms with Gasteiger partial charge in [-0.3, -0.25) is 24.5 Å². The summed E-state index contributed by atoms with van der Waals surface area (Å²) in [6.07, 6.45) is 0. The fourth-order valence-electron chi connectivity index (χ4n) is 6.84. The van der Waals surface area contributed by atoms with E-state index < -0.39 is 34.5 Å². The molecule has 3 amide bonds. The van der Waals surface area contributed by atoms with E-state index >= 15 is 0 Å². The van der Waals surface area contributed by atoms with Crippen molar-refractivity contribution in [3.05, 3.63) is 147 Å². The average Bonchev–Trinajstić information content (AvgIpc) is 3.26. The van der Waals surface area contributed by atoms with Crippen LogP contribution in [0.2, 0.25) is 0 Å². The minimum atomic E-state index is -0.779. The second-order valence-corrected chi connectivity index (χ2v) is 10.4. The van der Waals surface area contributed by atoms with Crippen LogP contribution < -0.4 is 0 Å². The molecular weight excluding hydrogens is 506 g/mol. The molecule has 4 aromatic carbocycles. The second kappa shape index (κ2) is 8.98. The van der Waals surface area contributed by atoms with E-state index in [2.05, 4.69) is 0 Å². The van der Waals surface area contributed by atoms with Gasteiger partial charge < -0.3 is 0 Å². The molecule has 8 nitrogen and oxygen atoms in total. The van der Waals surface area contributed by atoms with Crippen molar-refractivity contribution in [3.8, 4) is 0 Å². The fourth-order valence-corrected chi connectivity index (χ4v) is 6.84. The van der Waals surface area contributed by atoms with Crippen molar-refractivity contribution < 1.29 is 19.3 Å². The van der Waals surface area contributed by atoms with Crippen LogP contribution in [0.1, 0.15) is 50.0 Å². The Labute approximate surface area is 229 Å². The number of carbonyl (C=O) groups excluding carboxylic acids is 3. The molecule has 1 aliphatic heterocycles. The summed E-state index contributed by atoms with van der Waals surface area (Å²) >= 11 is 0. The van der Waals surface area contributed by atoms with Gasteiger partial charge in [0.05, 0.1) is 23.3 Å². The molecule has 0 unspecified atom stereocenters. The van der Waals surface area contributed by atoms with Crippen LogP contribution in [-0.2, 0) is 16.1 Å². The lowest BCUT2D eigenvalue weighted by atomic mass is 9.55. The first-order chi connectivity index (χ1) is 19.5. The Kier molecular flexibility index (Phi) is 5.38. The number of nitro benzene ring substituents is 1. The molecule has 0 saturated carbocycles. The molecule has 196 valence electrons. The van der Waals surface area contributed by atoms with Crippen LogP contribution in [0.3, 0.4) is 0 Å². The average molecular weight is 530 g/mol. The summed E-state index contributed by atoms with van der Waals surface area (Å²) in [4.78, 5) is 53.9. The lowest BCUT2D eigenvalue weighted by Crippen LogP contribution is -2.50. The van der Waals surface area contributed by atoms with E-state index in [4.69, 9.17) is 0 Å². The van der Waals surface area contributed by atoms with Gasteiger partial charge in [-0.2, -0.15) is 5.01 Å². The summed E-state index contributed by atoms with van der Waals surface area (Å²) < 4.78 is 0. The number of hydrogen-bond donors (Lipinski definition) is 0. The SMILES string of the molecule is O=C(c1ccccc1[N+](=O)[O-])N(Cc1ccccc1)N1C(=O)[C@H]2C3c4ccccc4C(c4ccccc43)[C@@H]2C1=O. The quantitative estimate of drug-likeness (QED) is 0.205. The van der Waals surface area contributed by atoms with Gasteiger partial charge in [0.2, 0.25) is 0 Å². The number of nitro groups is 1. The molecule has 2 bridgehead atoms. The smallest absolute Gasteiger partial charge is 0.272 e. The molecule has 2 atom stereocenters. The van der Waals surface area contributed by atoms with Crippen LogP contribution in [0.5, 0.6) is 0 Å². The molecule has 8 heteroatoms. The largest absolute Gasteiger partial charge is 0.282 e. The fraction of sp³-hybridized carbons (Fsp3) is 0.156. The molecule has 1 heterocycles. The molecule has 4 aliphatic rings. The highest BCUT2D eigenvalue weighted by Gasteiger charge is 2.63. The van der Waals surface area contributed by atoms with Gasteiger partial charge in [0.15, 0.2) is 0 Å². The summed E-state index contributed by atoms with van der Waals surface area (Å²) in [5.74, 6) is -3.72. The minimum absolute atomic E-state index is 0.0993. The van der Waals surface area contributed by atoms with Crippen LogP contribution in [0.4, 0.5) is 5.69 Å². The highest BCUT2D eigenvalue weighted by molar-refractivity contribution is 6.10. The molecular formula is C32H23N3O5. The third-order valence-electron chi connectivity index (χ3n) is 8.41. The van der Waals surface area contributed by atoms with E-state index in [-0.39, 0.29) is 29.6 Å². The third-order valence-corrected chi connectivity index (χ3v) is 8.41. The highest BCUT2D eigenvalue weighted by Crippen LogP contribution is 2.61. The van der Waals surface area contributed by atoms with Crippen LogP contribution in [0.15, 0.2) is 103 Å². The van der Waals surface area contributed by atoms with Crippen molar-refractivity contribution in [2.75, 3.05) is 0 Å². The standard InChI is InChI=1S/C32H23N3O5/c36-30(24-16-8-9-17-25(24)35(39)40)33(18-19-10-2-1-3-11-19)34-31(37)28-26-20-12-4-5-13-21(20)27(29(28)32(34)38)23-15-7-6-14-22(23)26/h1-17,26-29H,18H2/t26?,27?,28-,29-/m0/s1. The van der Waals surface area contributed by atoms with Crippen LogP contribution >= 0.6 is 0 Å². The number of amides is 3. The molecule has 8 rings (SSSR count). The van der Waals surface area contributed by atoms with E-state index in [1.54, 1.807) is 24.3 Å². The molecule has 4 aromatic rings. The zero-order valence-electron chi connectivity index (χ0n) is 21.2. The topological polar surface area (TPSA) is 101 Å². The number of hydrogen-bond acceptors (Lipinski definition) is 5. The zero-order valence-corrected chi connectivity index (χ0v) is 21.2. The molecule has 40 heavy (non-hydrogen) atoms. The maximum absolute atomic E-state index is 14.3. The first kappa shape index (κ1) is 24.0. The summed E-state index contributed by atoms with van der Waals surface area (Å²) in [6.45, 7) is -0.0993. The van der Waals surface area contributed by atoms with Crippen molar-refractivity contribution in [1.29, 1.82) is 0 Å². The van der Waals surface area contributed by atoms with E-state index in [1.807, 2.05) is 54.6 Å². The minimum Gasteiger partial charge on any atom is -0.272 e. The van der Waals surface area contributed by atoms with Crippen molar-refractivity contribution in [2.24, 2.45) is 11.8 Å². The predicted molar refractivity (Wildman–Crippen MR) is 145 cm³/mol. The van der Waals surface area contributed by atoms with Gasteiger partial charge in [0.1, 0.15) is 5.56 Å². The molecule has 1 fully saturated rings. The van der Waals surface area contributed by atoms with Crippen molar-refractivity contribution in [2.45, 2.75) is 18.4 Å². The van der Waals surface area contributed by atoms with Gasteiger partial charge >= 0.3 is 0 Å². The van der Waals surface area contributed by atoms with Crippen LogP contribution in [0, 0.1) is 22.0 Å². The lowest BCUT2D eigenvalue weighted by Gasteiger charge is -2.45. The van der Waals surface area contributed by atoms with Crippen molar-refractivity contribution in [3.63, 3.8) is 0 Å². The number of hydrazine groups is 1. The van der Waals surface area contributed by atoms with Crippen molar-refractivity contribution >= 4 is 23.4 Å². The van der Waals surface area contributed by atoms with Crippen molar-refractivity contribution in [1.82, 2.24) is 10.0 Å². The number of nitrogens with zero attached hydrogens (tertiary/aromatic N) is 3. The number of para-hydroxylation sites is 1. The van der Waals surface area contributed by atoms with E-state index in [0.717, 1.165) is 32.3 Å². The van der Waals surface area contributed by atoms with E-state index in [0.29, 0.717) is 5.56 Å². The molecule has 3 aliphatic carbocycles. The van der Waals surface area contributed by atoms with Crippen LogP contribution in [0.25, 0.3) is 0 Å². The third kappa shape index (κ3) is 3.35. The highest BCUT2D eigenvalue weighted by atomic mass is 16.6. The first-order valence-corrected chi connectivity index (χ1v) is 13.1. The maximum Gasteiger partial charge on any atom is 0.282 e. The molecule has 0 aromatic heterocycles. The summed E-state index contributed by atoms with van der Waals surface area (Å²) in [5.41, 5.74) is 4.20. The Bertz CT molecular complexity index is 1600. The Morgan fingerprint density at radius 1 is 0.700 bits per heavy atom. The number of imide groups is 1. The Morgan fingerprint density at radius 3 is 1.65 bits per heavy atom. The Hall–Kier alpha value is -5.11. The number of rotatable bonds is 5. The lowest BCUT2D eigenvalue weighted by molar-refractivity contribution is -0.385. The normalized spacial score (nSPS) is 21.9. The van der Waals surface area contributed by atoms with Gasteiger partial charge in [-0.1, -0.05) is 91.0 Å². The molecule has 0 N–H and O–H groups in total. The Balaban J connectivity index is 1.37. The number of carbonyl (C=O) groups is 3. The molecule has 1 saturated heterocycles. The molecule has 0 radical (unpaired) electrons. The summed E-state index contributed by atoms with van der Waals surface area (Å²) in [7, 11) is 0. The van der Waals surface area contributed by atoms with Gasteiger partial charge in [-0.05, 0) is 33.9 Å². The molecule has 0 spiro atoms. The van der Waals surface area contributed by atoms with Gasteiger partial charge in [-0.25, -0.2) is 5.01 Å². The zero-order chi connectivity index (χ0) is 27.5. The maximum atomic E-state index is 14.3. The first-order valence-electron chi connectivity index (χ1n) is 13.1.